The molecule has 0 saturated heterocycles. The molecule has 0 amide bonds. The van der Waals surface area contributed by atoms with Gasteiger partial charge >= 0.3 is 5.97 Å². The molecule has 0 aromatic carbocycles. The van der Waals surface area contributed by atoms with Crippen LogP contribution in [-0.2, 0) is 11.3 Å². The maximum absolute atomic E-state index is 10.7. The Hall–Kier alpha value is -0.690. The molecule has 0 atom stereocenters. The highest BCUT2D eigenvalue weighted by Gasteiger charge is 2.34. The highest BCUT2D eigenvalue weighted by Crippen LogP contribution is 2.42. The predicted octanol–water partition coefficient (Wildman–Crippen LogP) is 2.44. The van der Waals surface area contributed by atoms with Crippen LogP contribution < -0.4 is 0 Å². The SMILES string of the molecule is CSC1(Cn2c(C)nnc2SCC(=O)O)CCCC1. The summed E-state index contributed by atoms with van der Waals surface area (Å²) in [6.07, 6.45) is 7.15. The smallest absolute Gasteiger partial charge is 0.313 e. The van der Waals surface area contributed by atoms with Gasteiger partial charge in [0, 0.05) is 11.3 Å². The van der Waals surface area contributed by atoms with Gasteiger partial charge in [-0.2, -0.15) is 11.8 Å². The molecule has 19 heavy (non-hydrogen) atoms. The van der Waals surface area contributed by atoms with Crippen molar-refractivity contribution in [1.29, 1.82) is 0 Å². The third-order valence-corrected chi connectivity index (χ3v) is 5.98. The fraction of sp³-hybridized carbons (Fsp3) is 0.750. The van der Waals surface area contributed by atoms with Crippen LogP contribution in [0.1, 0.15) is 31.5 Å². The lowest BCUT2D eigenvalue weighted by Gasteiger charge is -2.28. The van der Waals surface area contributed by atoms with Gasteiger partial charge in [-0.05, 0) is 26.0 Å². The van der Waals surface area contributed by atoms with E-state index in [2.05, 4.69) is 21.0 Å². The highest BCUT2D eigenvalue weighted by atomic mass is 32.2. The Morgan fingerprint density at radius 3 is 2.68 bits per heavy atom. The van der Waals surface area contributed by atoms with Crippen LogP contribution in [0, 0.1) is 6.92 Å². The van der Waals surface area contributed by atoms with Crippen LogP contribution in [0.25, 0.3) is 0 Å². The van der Waals surface area contributed by atoms with E-state index in [4.69, 9.17) is 5.11 Å². The van der Waals surface area contributed by atoms with Crippen molar-refractivity contribution in [3.05, 3.63) is 5.82 Å². The number of carboxylic acids is 1. The van der Waals surface area contributed by atoms with Gasteiger partial charge in [0.25, 0.3) is 0 Å². The number of carboxylic acid groups (broad SMARTS) is 1. The van der Waals surface area contributed by atoms with Gasteiger partial charge in [0.1, 0.15) is 5.82 Å². The average molecular weight is 301 g/mol. The molecular formula is C12H19N3O2S2. The summed E-state index contributed by atoms with van der Waals surface area (Å²) in [6, 6.07) is 0. The first-order valence-electron chi connectivity index (χ1n) is 6.36. The molecule has 1 fully saturated rings. The summed E-state index contributed by atoms with van der Waals surface area (Å²) < 4.78 is 2.35. The van der Waals surface area contributed by atoms with E-state index in [0.29, 0.717) is 0 Å². The summed E-state index contributed by atoms with van der Waals surface area (Å²) in [5, 5.41) is 17.7. The molecule has 1 aliphatic rings. The van der Waals surface area contributed by atoms with Crippen molar-refractivity contribution in [2.24, 2.45) is 0 Å². The van der Waals surface area contributed by atoms with Gasteiger partial charge < -0.3 is 9.67 Å². The molecule has 0 radical (unpaired) electrons. The second kappa shape index (κ2) is 6.17. The Kier molecular flexibility index (Phi) is 4.78. The van der Waals surface area contributed by atoms with Crippen molar-refractivity contribution >= 4 is 29.5 Å². The zero-order valence-electron chi connectivity index (χ0n) is 11.3. The van der Waals surface area contributed by atoms with Gasteiger partial charge in [0.2, 0.25) is 0 Å². The number of carbonyl (C=O) groups is 1. The van der Waals surface area contributed by atoms with Gasteiger partial charge in [-0.15, -0.1) is 10.2 Å². The first-order valence-corrected chi connectivity index (χ1v) is 8.57. The van der Waals surface area contributed by atoms with Crippen molar-refractivity contribution in [2.45, 2.75) is 49.1 Å². The fourth-order valence-electron chi connectivity index (χ4n) is 2.51. The molecule has 5 nitrogen and oxygen atoms in total. The average Bonchev–Trinajstić information content (AvgIpc) is 2.97. The molecule has 0 bridgehead atoms. The van der Waals surface area contributed by atoms with Crippen LogP contribution in [0.4, 0.5) is 0 Å². The van der Waals surface area contributed by atoms with Gasteiger partial charge in [-0.1, -0.05) is 24.6 Å². The zero-order valence-corrected chi connectivity index (χ0v) is 12.9. The Morgan fingerprint density at radius 1 is 1.42 bits per heavy atom. The van der Waals surface area contributed by atoms with E-state index in [-0.39, 0.29) is 10.5 Å². The number of hydrogen-bond donors (Lipinski definition) is 1. The number of aliphatic carboxylic acids is 1. The van der Waals surface area contributed by atoms with Gasteiger partial charge in [0.05, 0.1) is 5.75 Å². The summed E-state index contributed by atoms with van der Waals surface area (Å²) in [7, 11) is 0. The summed E-state index contributed by atoms with van der Waals surface area (Å²) in [4.78, 5) is 10.7. The number of hydrogen-bond acceptors (Lipinski definition) is 5. The van der Waals surface area contributed by atoms with Crippen molar-refractivity contribution in [3.63, 3.8) is 0 Å². The molecule has 1 N–H and O–H groups in total. The van der Waals surface area contributed by atoms with E-state index >= 15 is 0 Å². The Bertz CT molecular complexity index is 456. The van der Waals surface area contributed by atoms with E-state index in [0.717, 1.165) is 17.5 Å². The molecule has 1 aliphatic carbocycles. The minimum atomic E-state index is -0.822. The molecule has 1 aromatic rings. The molecule has 0 unspecified atom stereocenters. The summed E-state index contributed by atoms with van der Waals surface area (Å²) in [5.74, 6) is 0.0792. The van der Waals surface area contributed by atoms with Crippen molar-refractivity contribution < 1.29 is 9.90 Å². The van der Waals surface area contributed by atoms with Crippen molar-refractivity contribution in [3.8, 4) is 0 Å². The van der Waals surface area contributed by atoms with E-state index in [1.165, 1.54) is 37.4 Å². The normalized spacial score (nSPS) is 17.8. The second-order valence-electron chi connectivity index (χ2n) is 4.89. The molecule has 2 rings (SSSR count). The molecule has 1 aromatic heterocycles. The Morgan fingerprint density at radius 2 is 2.11 bits per heavy atom. The Labute approximate surface area is 121 Å². The maximum atomic E-state index is 10.7. The maximum Gasteiger partial charge on any atom is 0.313 e. The van der Waals surface area contributed by atoms with Crippen molar-refractivity contribution in [1.82, 2.24) is 14.8 Å². The van der Waals surface area contributed by atoms with Crippen LogP contribution in [-0.4, -0.2) is 42.6 Å². The van der Waals surface area contributed by atoms with Crippen LogP contribution in [0.5, 0.6) is 0 Å². The Balaban J connectivity index is 2.14. The molecule has 106 valence electrons. The molecule has 1 heterocycles. The lowest BCUT2D eigenvalue weighted by molar-refractivity contribution is -0.133. The lowest BCUT2D eigenvalue weighted by Crippen LogP contribution is -2.27. The number of nitrogens with zero attached hydrogens (tertiary/aromatic N) is 3. The first kappa shape index (κ1) is 14.7. The van der Waals surface area contributed by atoms with Gasteiger partial charge in [-0.25, -0.2) is 0 Å². The molecule has 0 aliphatic heterocycles. The third kappa shape index (κ3) is 3.45. The summed E-state index contributed by atoms with van der Waals surface area (Å²) in [5.41, 5.74) is 0. The number of aryl methyl sites for hydroxylation is 1. The summed E-state index contributed by atoms with van der Waals surface area (Å²) >= 11 is 3.17. The standard InChI is InChI=1S/C12H19N3O2S2/c1-9-13-14-11(19-7-10(16)17)15(9)8-12(18-2)5-3-4-6-12/h3-8H2,1-2H3,(H,16,17). The highest BCUT2D eigenvalue weighted by molar-refractivity contribution is 8.00. The zero-order chi connectivity index (χ0) is 13.9. The quantitative estimate of drug-likeness (QED) is 0.814. The molecular weight excluding hydrogens is 282 g/mol. The van der Waals surface area contributed by atoms with Crippen LogP contribution in [0.15, 0.2) is 5.16 Å². The molecule has 7 heteroatoms. The lowest BCUT2D eigenvalue weighted by atomic mass is 10.1. The van der Waals surface area contributed by atoms with Crippen LogP contribution in [0.2, 0.25) is 0 Å². The number of thioether (sulfide) groups is 2. The monoisotopic (exact) mass is 301 g/mol. The fourth-order valence-corrected chi connectivity index (χ4v) is 4.17. The van der Waals surface area contributed by atoms with Crippen LogP contribution in [0.3, 0.4) is 0 Å². The summed E-state index contributed by atoms with van der Waals surface area (Å²) in [6.45, 7) is 2.82. The van der Waals surface area contributed by atoms with Gasteiger partial charge in [-0.3, -0.25) is 4.79 Å². The first-order chi connectivity index (χ1) is 9.06. The largest absolute Gasteiger partial charge is 0.481 e. The second-order valence-corrected chi connectivity index (χ2v) is 7.11. The number of aromatic nitrogens is 3. The number of rotatable bonds is 6. The molecule has 1 saturated carbocycles. The van der Waals surface area contributed by atoms with E-state index in [1.807, 2.05) is 18.7 Å². The van der Waals surface area contributed by atoms with Gasteiger partial charge in [0.15, 0.2) is 5.16 Å². The third-order valence-electron chi connectivity index (χ3n) is 3.62. The van der Waals surface area contributed by atoms with E-state index in [9.17, 15) is 4.79 Å². The predicted molar refractivity (Wildman–Crippen MR) is 77.8 cm³/mol. The minimum absolute atomic E-state index is 0.0321. The molecule has 0 spiro atoms. The van der Waals surface area contributed by atoms with E-state index in [1.54, 1.807) is 0 Å². The minimum Gasteiger partial charge on any atom is -0.481 e. The van der Waals surface area contributed by atoms with E-state index < -0.39 is 5.97 Å². The van der Waals surface area contributed by atoms with Crippen molar-refractivity contribution in [2.75, 3.05) is 12.0 Å². The topological polar surface area (TPSA) is 68.0 Å². The van der Waals surface area contributed by atoms with Crippen LogP contribution >= 0.6 is 23.5 Å².